The summed E-state index contributed by atoms with van der Waals surface area (Å²) in [6.45, 7) is 1.86. The molecule has 0 spiro atoms. The third-order valence-electron chi connectivity index (χ3n) is 2.55. The Hall–Kier alpha value is -2.52. The van der Waals surface area contributed by atoms with Gasteiger partial charge >= 0.3 is 0 Å². The maximum absolute atomic E-state index is 8.78. The Morgan fingerprint density at radius 2 is 2.00 bits per heavy atom. The molecule has 0 bridgehead atoms. The second-order valence-corrected chi connectivity index (χ2v) is 3.75. The predicted molar refractivity (Wildman–Crippen MR) is 62.9 cm³/mol. The highest BCUT2D eigenvalue weighted by atomic mass is 16.5. The molecular formula is C14H10N2O. The maximum atomic E-state index is 8.78. The highest BCUT2D eigenvalue weighted by Gasteiger charge is 2.18. The molecule has 0 aromatic heterocycles. The van der Waals surface area contributed by atoms with E-state index in [1.54, 1.807) is 6.08 Å². The lowest BCUT2D eigenvalue weighted by Crippen LogP contribution is -2.06. The average molecular weight is 222 g/mol. The van der Waals surface area contributed by atoms with Crippen LogP contribution in [0.2, 0.25) is 0 Å². The van der Waals surface area contributed by atoms with E-state index in [4.69, 9.17) is 15.3 Å². The van der Waals surface area contributed by atoms with E-state index in [0.717, 1.165) is 17.1 Å². The summed E-state index contributed by atoms with van der Waals surface area (Å²) in [7, 11) is 0. The van der Waals surface area contributed by atoms with Crippen LogP contribution in [0.5, 0.6) is 5.75 Å². The van der Waals surface area contributed by atoms with Gasteiger partial charge < -0.3 is 4.74 Å². The molecule has 0 aliphatic carbocycles. The monoisotopic (exact) mass is 222 g/mol. The SMILES string of the molecule is CC1=CC(C=C(C#N)C#N)c2ccccc2O1. The van der Waals surface area contributed by atoms with Crippen molar-refractivity contribution in [2.45, 2.75) is 12.8 Å². The third kappa shape index (κ3) is 2.19. The summed E-state index contributed by atoms with van der Waals surface area (Å²) in [5.74, 6) is 1.48. The van der Waals surface area contributed by atoms with Gasteiger partial charge in [0.2, 0.25) is 0 Å². The van der Waals surface area contributed by atoms with Crippen molar-refractivity contribution in [2.24, 2.45) is 0 Å². The standard InChI is InChI=1S/C14H10N2O/c1-10-6-12(7-11(8-15)9-16)13-4-2-3-5-14(13)17-10/h2-7,12H,1H3. The van der Waals surface area contributed by atoms with Crippen molar-refractivity contribution in [3.8, 4) is 17.9 Å². The molecular weight excluding hydrogens is 212 g/mol. The Bertz CT molecular complexity index is 569. The molecule has 1 atom stereocenters. The number of fused-ring (bicyclic) bond motifs is 1. The fraction of sp³-hybridized carbons (Fsp3) is 0.143. The first-order chi connectivity index (χ1) is 8.24. The van der Waals surface area contributed by atoms with E-state index in [1.807, 2.05) is 49.4 Å². The maximum Gasteiger partial charge on any atom is 0.131 e. The quantitative estimate of drug-likeness (QED) is 0.686. The number of allylic oxidation sites excluding steroid dienone is 4. The smallest absolute Gasteiger partial charge is 0.131 e. The summed E-state index contributed by atoms with van der Waals surface area (Å²) in [6.07, 6.45) is 3.56. The molecule has 0 saturated carbocycles. The van der Waals surface area contributed by atoms with Crippen LogP contribution in [-0.4, -0.2) is 0 Å². The highest BCUT2D eigenvalue weighted by Crippen LogP contribution is 2.35. The number of hydrogen-bond acceptors (Lipinski definition) is 3. The second kappa shape index (κ2) is 4.55. The van der Waals surface area contributed by atoms with Gasteiger partial charge in [0.25, 0.3) is 0 Å². The number of nitrogens with zero attached hydrogens (tertiary/aromatic N) is 2. The molecule has 0 N–H and O–H groups in total. The van der Waals surface area contributed by atoms with Crippen molar-refractivity contribution in [3.05, 3.63) is 53.3 Å². The van der Waals surface area contributed by atoms with Crippen molar-refractivity contribution < 1.29 is 4.74 Å². The number of ether oxygens (including phenoxy) is 1. The molecule has 0 fully saturated rings. The van der Waals surface area contributed by atoms with E-state index in [0.29, 0.717) is 0 Å². The second-order valence-electron chi connectivity index (χ2n) is 3.75. The number of para-hydroxylation sites is 1. The van der Waals surface area contributed by atoms with Crippen molar-refractivity contribution in [2.75, 3.05) is 0 Å². The van der Waals surface area contributed by atoms with Gasteiger partial charge in [0, 0.05) is 11.5 Å². The van der Waals surface area contributed by atoms with Crippen LogP contribution >= 0.6 is 0 Å². The summed E-state index contributed by atoms with van der Waals surface area (Å²) >= 11 is 0. The van der Waals surface area contributed by atoms with Crippen LogP contribution in [0.15, 0.2) is 47.7 Å². The van der Waals surface area contributed by atoms with Crippen LogP contribution < -0.4 is 4.74 Å². The third-order valence-corrected chi connectivity index (χ3v) is 2.55. The first-order valence-corrected chi connectivity index (χ1v) is 5.22. The van der Waals surface area contributed by atoms with Gasteiger partial charge in [-0.25, -0.2) is 0 Å². The van der Waals surface area contributed by atoms with Crippen LogP contribution in [0, 0.1) is 22.7 Å². The average Bonchev–Trinajstić information content (AvgIpc) is 2.35. The van der Waals surface area contributed by atoms with Crippen LogP contribution in [0.25, 0.3) is 0 Å². The number of nitriles is 2. The van der Waals surface area contributed by atoms with E-state index in [1.165, 1.54) is 0 Å². The van der Waals surface area contributed by atoms with Crippen molar-refractivity contribution in [3.63, 3.8) is 0 Å². The molecule has 1 aromatic carbocycles. The molecule has 1 unspecified atom stereocenters. The lowest BCUT2D eigenvalue weighted by atomic mass is 9.93. The summed E-state index contributed by atoms with van der Waals surface area (Å²) in [6, 6.07) is 11.4. The van der Waals surface area contributed by atoms with Crippen molar-refractivity contribution in [1.82, 2.24) is 0 Å². The Morgan fingerprint density at radius 1 is 1.29 bits per heavy atom. The van der Waals surface area contributed by atoms with Gasteiger partial charge in [-0.1, -0.05) is 18.2 Å². The molecule has 1 aliphatic rings. The Labute approximate surface area is 99.9 Å². The molecule has 0 radical (unpaired) electrons. The lowest BCUT2D eigenvalue weighted by Gasteiger charge is -2.21. The van der Waals surface area contributed by atoms with Crippen LogP contribution in [-0.2, 0) is 0 Å². The summed E-state index contributed by atoms with van der Waals surface area (Å²) < 4.78 is 5.58. The predicted octanol–water partition coefficient (Wildman–Crippen LogP) is 3.04. The van der Waals surface area contributed by atoms with Gasteiger partial charge in [-0.3, -0.25) is 0 Å². The minimum atomic E-state index is -0.0748. The molecule has 17 heavy (non-hydrogen) atoms. The van der Waals surface area contributed by atoms with Gasteiger partial charge in [0.15, 0.2) is 0 Å². The molecule has 82 valence electrons. The summed E-state index contributed by atoms with van der Waals surface area (Å²) in [4.78, 5) is 0. The molecule has 1 heterocycles. The minimum absolute atomic E-state index is 0.0748. The molecule has 2 rings (SSSR count). The molecule has 1 aliphatic heterocycles. The van der Waals surface area contributed by atoms with E-state index in [2.05, 4.69) is 0 Å². The van der Waals surface area contributed by atoms with Crippen molar-refractivity contribution >= 4 is 0 Å². The van der Waals surface area contributed by atoms with E-state index in [9.17, 15) is 0 Å². The summed E-state index contributed by atoms with van der Waals surface area (Å²) in [5.41, 5.74) is 1.09. The normalized spacial score (nSPS) is 16.6. The van der Waals surface area contributed by atoms with Gasteiger partial charge in [-0.2, -0.15) is 10.5 Å². The fourth-order valence-electron chi connectivity index (χ4n) is 1.82. The molecule has 0 saturated heterocycles. The van der Waals surface area contributed by atoms with Crippen LogP contribution in [0.4, 0.5) is 0 Å². The number of hydrogen-bond donors (Lipinski definition) is 0. The van der Waals surface area contributed by atoms with Gasteiger partial charge in [-0.05, 0) is 25.1 Å². The molecule has 0 amide bonds. The van der Waals surface area contributed by atoms with E-state index < -0.39 is 0 Å². The first-order valence-electron chi connectivity index (χ1n) is 5.22. The molecule has 1 aromatic rings. The Balaban J connectivity index is 2.48. The van der Waals surface area contributed by atoms with Crippen molar-refractivity contribution in [1.29, 1.82) is 10.5 Å². The number of benzene rings is 1. The topological polar surface area (TPSA) is 56.8 Å². The number of rotatable bonds is 1. The van der Waals surface area contributed by atoms with Crippen LogP contribution in [0.1, 0.15) is 18.4 Å². The van der Waals surface area contributed by atoms with Gasteiger partial charge in [-0.15, -0.1) is 0 Å². The zero-order valence-electron chi connectivity index (χ0n) is 9.34. The zero-order chi connectivity index (χ0) is 12.3. The first kappa shape index (κ1) is 11.0. The summed E-state index contributed by atoms with van der Waals surface area (Å²) in [5, 5.41) is 17.6. The van der Waals surface area contributed by atoms with Gasteiger partial charge in [0.1, 0.15) is 23.5 Å². The Morgan fingerprint density at radius 3 is 2.71 bits per heavy atom. The van der Waals surface area contributed by atoms with E-state index >= 15 is 0 Å². The zero-order valence-corrected chi connectivity index (χ0v) is 9.34. The minimum Gasteiger partial charge on any atom is -0.462 e. The van der Waals surface area contributed by atoms with Gasteiger partial charge in [0.05, 0.1) is 5.76 Å². The Kier molecular flexibility index (Phi) is 2.94. The van der Waals surface area contributed by atoms with Crippen LogP contribution in [0.3, 0.4) is 0 Å². The fourth-order valence-corrected chi connectivity index (χ4v) is 1.82. The molecule has 3 heteroatoms. The lowest BCUT2D eigenvalue weighted by molar-refractivity contribution is 0.408. The van der Waals surface area contributed by atoms with E-state index in [-0.39, 0.29) is 11.5 Å². The largest absolute Gasteiger partial charge is 0.462 e. The molecule has 3 nitrogen and oxygen atoms in total. The highest BCUT2D eigenvalue weighted by molar-refractivity contribution is 5.48.